The monoisotopic (exact) mass is 450 g/mol. The Morgan fingerprint density at radius 2 is 1.71 bits per heavy atom. The Bertz CT molecular complexity index is 1280. The molecule has 0 unspecified atom stereocenters. The van der Waals surface area contributed by atoms with Gasteiger partial charge in [0.2, 0.25) is 5.82 Å². The van der Waals surface area contributed by atoms with Crippen LogP contribution in [0.1, 0.15) is 27.3 Å². The van der Waals surface area contributed by atoms with E-state index in [9.17, 15) is 4.79 Å². The number of para-hydroxylation sites is 1. The highest BCUT2D eigenvalue weighted by Crippen LogP contribution is 2.28. The van der Waals surface area contributed by atoms with E-state index < -0.39 is 5.91 Å². The van der Waals surface area contributed by atoms with Gasteiger partial charge in [0.1, 0.15) is 0 Å². The van der Waals surface area contributed by atoms with Gasteiger partial charge in [-0.1, -0.05) is 65.2 Å². The fourth-order valence-corrected chi connectivity index (χ4v) is 3.75. The molecule has 5 nitrogen and oxygen atoms in total. The van der Waals surface area contributed by atoms with Gasteiger partial charge in [-0.05, 0) is 56.2 Å². The van der Waals surface area contributed by atoms with Crippen LogP contribution in [0.3, 0.4) is 0 Å². The number of carbonyl (C=O) groups excluding carboxylic acids is 1. The van der Waals surface area contributed by atoms with Crippen LogP contribution < -0.4 is 5.32 Å². The largest absolute Gasteiger partial charge is 0.318 e. The molecule has 0 saturated heterocycles. The zero-order valence-electron chi connectivity index (χ0n) is 17.3. The fraction of sp³-hybridized carbons (Fsp3) is 0.125. The second-order valence-electron chi connectivity index (χ2n) is 7.36. The molecule has 31 heavy (non-hydrogen) atoms. The minimum atomic E-state index is -0.441. The summed E-state index contributed by atoms with van der Waals surface area (Å²) in [5.74, 6) is 0.147. The van der Waals surface area contributed by atoms with E-state index >= 15 is 0 Å². The van der Waals surface area contributed by atoms with Crippen LogP contribution in [-0.4, -0.2) is 20.7 Å². The van der Waals surface area contributed by atoms with Crippen molar-refractivity contribution in [2.45, 2.75) is 20.8 Å². The number of hydrogen-bond donors (Lipinski definition) is 1. The van der Waals surface area contributed by atoms with Crippen LogP contribution in [0.15, 0.2) is 60.7 Å². The van der Waals surface area contributed by atoms with E-state index in [4.69, 9.17) is 23.2 Å². The van der Waals surface area contributed by atoms with E-state index in [1.54, 1.807) is 10.7 Å². The normalized spacial score (nSPS) is 10.9. The average Bonchev–Trinajstić information content (AvgIpc) is 3.18. The SMILES string of the molecule is Cc1cccc(-c2nc(C(=O)Nc3c(C)cccc3Cl)nn2-c2cc(Cl)ccc2C)c1. The molecule has 0 atom stereocenters. The van der Waals surface area contributed by atoms with Crippen molar-refractivity contribution in [3.8, 4) is 17.1 Å². The van der Waals surface area contributed by atoms with Gasteiger partial charge in [-0.3, -0.25) is 4.79 Å². The topological polar surface area (TPSA) is 59.8 Å². The van der Waals surface area contributed by atoms with Crippen LogP contribution in [0.25, 0.3) is 17.1 Å². The van der Waals surface area contributed by atoms with Crippen LogP contribution in [-0.2, 0) is 0 Å². The summed E-state index contributed by atoms with van der Waals surface area (Å²) in [5.41, 5.74) is 5.03. The van der Waals surface area contributed by atoms with Crippen molar-refractivity contribution < 1.29 is 4.79 Å². The van der Waals surface area contributed by atoms with Gasteiger partial charge in [-0.25, -0.2) is 9.67 Å². The number of aryl methyl sites for hydroxylation is 3. The molecule has 1 amide bonds. The highest BCUT2D eigenvalue weighted by Gasteiger charge is 2.21. The Morgan fingerprint density at radius 3 is 2.45 bits per heavy atom. The number of halogens is 2. The number of nitrogens with zero attached hydrogens (tertiary/aromatic N) is 3. The summed E-state index contributed by atoms with van der Waals surface area (Å²) in [6.45, 7) is 5.84. The first-order valence-electron chi connectivity index (χ1n) is 9.70. The first-order chi connectivity index (χ1) is 14.8. The third-order valence-electron chi connectivity index (χ3n) is 4.95. The Hall–Kier alpha value is -3.15. The van der Waals surface area contributed by atoms with E-state index in [0.717, 1.165) is 27.9 Å². The van der Waals surface area contributed by atoms with Crippen LogP contribution in [0.2, 0.25) is 10.0 Å². The van der Waals surface area contributed by atoms with E-state index in [0.29, 0.717) is 21.6 Å². The summed E-state index contributed by atoms with van der Waals surface area (Å²) >= 11 is 12.5. The Kier molecular flexibility index (Phi) is 5.81. The van der Waals surface area contributed by atoms with Gasteiger partial charge in [0.15, 0.2) is 5.82 Å². The molecule has 0 bridgehead atoms. The van der Waals surface area contributed by atoms with E-state index in [-0.39, 0.29) is 5.82 Å². The predicted octanol–water partition coefficient (Wildman–Crippen LogP) is 6.42. The van der Waals surface area contributed by atoms with Gasteiger partial charge in [0.25, 0.3) is 5.91 Å². The predicted molar refractivity (Wildman–Crippen MR) is 125 cm³/mol. The van der Waals surface area contributed by atoms with Crippen LogP contribution in [0, 0.1) is 20.8 Å². The standard InChI is InChI=1S/C24H20Cl2N4O/c1-14-6-4-8-17(12-14)23-28-22(24(31)27-21-16(3)7-5-9-19(21)26)29-30(23)20-13-18(25)11-10-15(20)2/h4-13H,1-3H3,(H,27,31). The molecule has 4 rings (SSSR count). The summed E-state index contributed by atoms with van der Waals surface area (Å²) < 4.78 is 1.66. The van der Waals surface area contributed by atoms with Crippen molar-refractivity contribution in [2.24, 2.45) is 0 Å². The molecular weight excluding hydrogens is 431 g/mol. The lowest BCUT2D eigenvalue weighted by molar-refractivity contribution is 0.101. The zero-order valence-corrected chi connectivity index (χ0v) is 18.8. The molecule has 0 radical (unpaired) electrons. The van der Waals surface area contributed by atoms with E-state index in [1.807, 2.05) is 75.4 Å². The summed E-state index contributed by atoms with van der Waals surface area (Å²) in [6.07, 6.45) is 0. The first-order valence-corrected chi connectivity index (χ1v) is 10.5. The lowest BCUT2D eigenvalue weighted by atomic mass is 10.1. The van der Waals surface area contributed by atoms with Crippen LogP contribution >= 0.6 is 23.2 Å². The second-order valence-corrected chi connectivity index (χ2v) is 8.20. The van der Waals surface area contributed by atoms with Gasteiger partial charge in [0.05, 0.1) is 16.4 Å². The van der Waals surface area contributed by atoms with Gasteiger partial charge in [-0.15, -0.1) is 5.10 Å². The molecule has 0 fully saturated rings. The quantitative estimate of drug-likeness (QED) is 0.390. The number of rotatable bonds is 4. The van der Waals surface area contributed by atoms with Crippen LogP contribution in [0.5, 0.6) is 0 Å². The molecule has 0 aliphatic carbocycles. The van der Waals surface area contributed by atoms with Crippen LogP contribution in [0.4, 0.5) is 5.69 Å². The second kappa shape index (κ2) is 8.53. The lowest BCUT2D eigenvalue weighted by Crippen LogP contribution is -2.15. The van der Waals surface area contributed by atoms with E-state index in [2.05, 4.69) is 15.4 Å². The summed E-state index contributed by atoms with van der Waals surface area (Å²) in [6, 6.07) is 18.9. The van der Waals surface area contributed by atoms with Crippen molar-refractivity contribution >= 4 is 34.8 Å². The van der Waals surface area contributed by atoms with Crippen molar-refractivity contribution in [1.29, 1.82) is 0 Å². The van der Waals surface area contributed by atoms with Gasteiger partial charge >= 0.3 is 0 Å². The van der Waals surface area contributed by atoms with Crippen molar-refractivity contribution in [2.75, 3.05) is 5.32 Å². The number of anilines is 1. The number of hydrogen-bond acceptors (Lipinski definition) is 3. The molecule has 7 heteroatoms. The Morgan fingerprint density at radius 1 is 0.935 bits per heavy atom. The summed E-state index contributed by atoms with van der Waals surface area (Å²) in [7, 11) is 0. The molecule has 4 aromatic rings. The average molecular weight is 451 g/mol. The first kappa shape index (κ1) is 21.1. The number of aromatic nitrogens is 3. The molecule has 0 aliphatic heterocycles. The number of benzene rings is 3. The lowest BCUT2D eigenvalue weighted by Gasteiger charge is -2.10. The third kappa shape index (κ3) is 4.33. The van der Waals surface area contributed by atoms with E-state index in [1.165, 1.54) is 0 Å². The maximum absolute atomic E-state index is 13.0. The molecule has 1 aromatic heterocycles. The Labute approximate surface area is 190 Å². The Balaban J connectivity index is 1.83. The third-order valence-corrected chi connectivity index (χ3v) is 5.50. The molecule has 1 N–H and O–H groups in total. The van der Waals surface area contributed by atoms with Gasteiger partial charge in [0, 0.05) is 10.6 Å². The van der Waals surface area contributed by atoms with Crippen molar-refractivity contribution in [3.63, 3.8) is 0 Å². The van der Waals surface area contributed by atoms with Gasteiger partial charge in [-0.2, -0.15) is 0 Å². The smallest absolute Gasteiger partial charge is 0.295 e. The summed E-state index contributed by atoms with van der Waals surface area (Å²) in [5, 5.41) is 8.41. The van der Waals surface area contributed by atoms with Crippen molar-refractivity contribution in [3.05, 3.63) is 93.2 Å². The minimum Gasteiger partial charge on any atom is -0.318 e. The molecular formula is C24H20Cl2N4O. The zero-order chi connectivity index (χ0) is 22.1. The molecule has 3 aromatic carbocycles. The highest BCUT2D eigenvalue weighted by atomic mass is 35.5. The fourth-order valence-electron chi connectivity index (χ4n) is 3.32. The molecule has 0 spiro atoms. The van der Waals surface area contributed by atoms with Crippen molar-refractivity contribution in [1.82, 2.24) is 14.8 Å². The van der Waals surface area contributed by atoms with Gasteiger partial charge < -0.3 is 5.32 Å². The molecule has 0 saturated carbocycles. The highest BCUT2D eigenvalue weighted by molar-refractivity contribution is 6.34. The number of carbonyl (C=O) groups is 1. The number of amides is 1. The number of nitrogens with one attached hydrogen (secondary N) is 1. The molecule has 156 valence electrons. The maximum atomic E-state index is 13.0. The molecule has 0 aliphatic rings. The summed E-state index contributed by atoms with van der Waals surface area (Å²) in [4.78, 5) is 17.6. The maximum Gasteiger partial charge on any atom is 0.295 e. The minimum absolute atomic E-state index is 0.0372. The molecule has 1 heterocycles.